The summed E-state index contributed by atoms with van der Waals surface area (Å²) in [5, 5.41) is 8.24. The third-order valence-corrected chi connectivity index (χ3v) is 2.52. The smallest absolute Gasteiger partial charge is 0.0653 e. The summed E-state index contributed by atoms with van der Waals surface area (Å²) in [5.41, 5.74) is 4.02. The van der Waals surface area contributed by atoms with Crippen LogP contribution in [-0.2, 0) is 12.8 Å². The zero-order chi connectivity index (χ0) is 11.3. The SMILES string of the molecule is CC.CCc1cc2cn[nH]c2cc1CC. The molecule has 2 aromatic rings. The molecule has 0 atom stereocenters. The van der Waals surface area contributed by atoms with Gasteiger partial charge in [-0.25, -0.2) is 0 Å². The quantitative estimate of drug-likeness (QED) is 0.793. The van der Waals surface area contributed by atoms with Crippen LogP contribution >= 0.6 is 0 Å². The fraction of sp³-hybridized carbons (Fsp3) is 0.462. The number of aromatic amines is 1. The Kier molecular flexibility index (Phi) is 4.35. The predicted molar refractivity (Wildman–Crippen MR) is 66.2 cm³/mol. The molecule has 0 saturated heterocycles. The summed E-state index contributed by atoms with van der Waals surface area (Å²) in [4.78, 5) is 0. The number of H-pyrrole nitrogens is 1. The summed E-state index contributed by atoms with van der Waals surface area (Å²) in [6.45, 7) is 8.39. The average Bonchev–Trinajstić information content (AvgIpc) is 2.76. The maximum atomic E-state index is 4.03. The van der Waals surface area contributed by atoms with Crippen LogP contribution in [0.5, 0.6) is 0 Å². The van der Waals surface area contributed by atoms with E-state index in [9.17, 15) is 0 Å². The van der Waals surface area contributed by atoms with E-state index in [0.717, 1.165) is 18.4 Å². The van der Waals surface area contributed by atoms with E-state index >= 15 is 0 Å². The first kappa shape index (κ1) is 11.8. The van der Waals surface area contributed by atoms with Gasteiger partial charge in [-0.2, -0.15) is 5.10 Å². The molecule has 0 radical (unpaired) electrons. The van der Waals surface area contributed by atoms with Crippen molar-refractivity contribution in [1.82, 2.24) is 10.2 Å². The molecule has 0 saturated carbocycles. The number of nitrogens with one attached hydrogen (secondary N) is 1. The lowest BCUT2D eigenvalue weighted by Gasteiger charge is -2.04. The molecule has 2 rings (SSSR count). The summed E-state index contributed by atoms with van der Waals surface area (Å²) in [6, 6.07) is 4.44. The molecular weight excluding hydrogens is 184 g/mol. The van der Waals surface area contributed by atoms with Crippen LogP contribution in [0.3, 0.4) is 0 Å². The van der Waals surface area contributed by atoms with Crippen molar-refractivity contribution < 1.29 is 0 Å². The Morgan fingerprint density at radius 1 is 1.07 bits per heavy atom. The predicted octanol–water partition coefficient (Wildman–Crippen LogP) is 3.71. The van der Waals surface area contributed by atoms with Crippen molar-refractivity contribution in [2.75, 3.05) is 0 Å². The van der Waals surface area contributed by atoms with Crippen LogP contribution < -0.4 is 0 Å². The van der Waals surface area contributed by atoms with Crippen molar-refractivity contribution in [1.29, 1.82) is 0 Å². The molecule has 1 aromatic carbocycles. The van der Waals surface area contributed by atoms with Crippen LogP contribution in [0.15, 0.2) is 18.3 Å². The standard InChI is InChI=1S/C11H14N2.C2H6/c1-3-8-5-10-7-12-13-11(10)6-9(8)4-2;1-2/h5-7H,3-4H2,1-2H3,(H,12,13);1-2H3. The van der Waals surface area contributed by atoms with Gasteiger partial charge in [-0.05, 0) is 36.1 Å². The molecular formula is C13H20N2. The largest absolute Gasteiger partial charge is 0.278 e. The maximum Gasteiger partial charge on any atom is 0.0653 e. The van der Waals surface area contributed by atoms with E-state index in [1.807, 2.05) is 20.0 Å². The number of aryl methyl sites for hydroxylation is 2. The normalized spacial score (nSPS) is 9.87. The van der Waals surface area contributed by atoms with Gasteiger partial charge in [0.05, 0.1) is 11.7 Å². The molecule has 1 aromatic heterocycles. The van der Waals surface area contributed by atoms with Gasteiger partial charge in [-0.3, -0.25) is 5.10 Å². The van der Waals surface area contributed by atoms with Gasteiger partial charge < -0.3 is 0 Å². The lowest BCUT2D eigenvalue weighted by molar-refractivity contribution is 1.04. The highest BCUT2D eigenvalue weighted by Gasteiger charge is 2.02. The Hall–Kier alpha value is -1.31. The van der Waals surface area contributed by atoms with E-state index in [1.54, 1.807) is 0 Å². The molecule has 1 N–H and O–H groups in total. The molecule has 0 aliphatic carbocycles. The third kappa shape index (κ3) is 2.38. The topological polar surface area (TPSA) is 28.7 Å². The molecule has 1 heterocycles. The Morgan fingerprint density at radius 2 is 1.67 bits per heavy atom. The molecule has 0 amide bonds. The lowest BCUT2D eigenvalue weighted by Crippen LogP contribution is -1.90. The molecule has 82 valence electrons. The Balaban J connectivity index is 0.000000531. The minimum Gasteiger partial charge on any atom is -0.278 e. The highest BCUT2D eigenvalue weighted by atomic mass is 15.1. The van der Waals surface area contributed by atoms with Crippen LogP contribution in [0.4, 0.5) is 0 Å². The molecule has 0 aliphatic rings. The minimum absolute atomic E-state index is 1.10. The van der Waals surface area contributed by atoms with Gasteiger partial charge in [0.2, 0.25) is 0 Å². The van der Waals surface area contributed by atoms with E-state index < -0.39 is 0 Å². The van der Waals surface area contributed by atoms with Gasteiger partial charge in [0.15, 0.2) is 0 Å². The van der Waals surface area contributed by atoms with Crippen LogP contribution in [0.1, 0.15) is 38.8 Å². The number of hydrogen-bond donors (Lipinski definition) is 1. The van der Waals surface area contributed by atoms with Crippen molar-refractivity contribution in [2.45, 2.75) is 40.5 Å². The van der Waals surface area contributed by atoms with Crippen molar-refractivity contribution in [2.24, 2.45) is 0 Å². The van der Waals surface area contributed by atoms with Gasteiger partial charge in [0.1, 0.15) is 0 Å². The highest BCUT2D eigenvalue weighted by molar-refractivity contribution is 5.79. The van der Waals surface area contributed by atoms with Gasteiger partial charge in [-0.15, -0.1) is 0 Å². The van der Waals surface area contributed by atoms with E-state index in [-0.39, 0.29) is 0 Å². The van der Waals surface area contributed by atoms with E-state index in [0.29, 0.717) is 0 Å². The van der Waals surface area contributed by atoms with Crippen LogP contribution in [-0.4, -0.2) is 10.2 Å². The summed E-state index contributed by atoms with van der Waals surface area (Å²) < 4.78 is 0. The summed E-state index contributed by atoms with van der Waals surface area (Å²) >= 11 is 0. The molecule has 0 unspecified atom stereocenters. The van der Waals surface area contributed by atoms with Crippen molar-refractivity contribution in [3.63, 3.8) is 0 Å². The molecule has 0 spiro atoms. The Bertz CT molecular complexity index is 377. The second-order valence-electron chi connectivity index (χ2n) is 3.29. The first-order chi connectivity index (χ1) is 7.35. The van der Waals surface area contributed by atoms with Crippen LogP contribution in [0.2, 0.25) is 0 Å². The zero-order valence-electron chi connectivity index (χ0n) is 10.1. The third-order valence-electron chi connectivity index (χ3n) is 2.52. The Labute approximate surface area is 91.7 Å². The second kappa shape index (κ2) is 5.54. The van der Waals surface area contributed by atoms with Crippen LogP contribution in [0, 0.1) is 0 Å². The molecule has 0 bridgehead atoms. The number of benzene rings is 1. The first-order valence-electron chi connectivity index (χ1n) is 5.80. The fourth-order valence-corrected chi connectivity index (χ4v) is 1.74. The fourth-order valence-electron chi connectivity index (χ4n) is 1.74. The molecule has 2 heteroatoms. The molecule has 0 aliphatic heterocycles. The first-order valence-corrected chi connectivity index (χ1v) is 5.80. The summed E-state index contributed by atoms with van der Waals surface area (Å²) in [7, 11) is 0. The number of hydrogen-bond acceptors (Lipinski definition) is 1. The Morgan fingerprint density at radius 3 is 2.27 bits per heavy atom. The monoisotopic (exact) mass is 204 g/mol. The number of fused-ring (bicyclic) bond motifs is 1. The highest BCUT2D eigenvalue weighted by Crippen LogP contribution is 2.18. The van der Waals surface area contributed by atoms with Gasteiger partial charge >= 0.3 is 0 Å². The van der Waals surface area contributed by atoms with E-state index in [4.69, 9.17) is 0 Å². The number of aromatic nitrogens is 2. The molecule has 2 nitrogen and oxygen atoms in total. The van der Waals surface area contributed by atoms with Crippen LogP contribution in [0.25, 0.3) is 10.9 Å². The van der Waals surface area contributed by atoms with E-state index in [1.165, 1.54) is 16.5 Å². The number of rotatable bonds is 2. The minimum atomic E-state index is 1.10. The van der Waals surface area contributed by atoms with Crippen molar-refractivity contribution in [3.05, 3.63) is 29.5 Å². The summed E-state index contributed by atoms with van der Waals surface area (Å²) in [5.74, 6) is 0. The van der Waals surface area contributed by atoms with Gasteiger partial charge in [0, 0.05) is 5.39 Å². The van der Waals surface area contributed by atoms with E-state index in [2.05, 4.69) is 36.2 Å². The average molecular weight is 204 g/mol. The second-order valence-corrected chi connectivity index (χ2v) is 3.29. The van der Waals surface area contributed by atoms with Gasteiger partial charge in [0.25, 0.3) is 0 Å². The molecule has 15 heavy (non-hydrogen) atoms. The zero-order valence-corrected chi connectivity index (χ0v) is 10.1. The van der Waals surface area contributed by atoms with Crippen molar-refractivity contribution in [3.8, 4) is 0 Å². The van der Waals surface area contributed by atoms with Crippen molar-refractivity contribution >= 4 is 10.9 Å². The molecule has 0 fully saturated rings. The number of nitrogens with zero attached hydrogens (tertiary/aromatic N) is 1. The lowest BCUT2D eigenvalue weighted by atomic mass is 10.0. The summed E-state index contributed by atoms with van der Waals surface area (Å²) in [6.07, 6.45) is 4.08. The van der Waals surface area contributed by atoms with Gasteiger partial charge in [-0.1, -0.05) is 27.7 Å². The maximum absolute atomic E-state index is 4.03.